The van der Waals surface area contributed by atoms with Gasteiger partial charge in [0.2, 0.25) is 0 Å². The van der Waals surface area contributed by atoms with Crippen LogP contribution < -0.4 is 10.6 Å². The highest BCUT2D eigenvalue weighted by molar-refractivity contribution is 14.0. The standard InChI is InChI=1S/C24H27FN6.HI/c1-16-22(17(2)31(30-16)20-7-5-4-6-8-20)15-29-24(26-3)27-12-11-18-14-28-23-13-19(25)9-10-21(18)23;/h4-10,13-14,28H,11-12,15H2,1-3H3,(H2,26,27,29);1H. The van der Waals surface area contributed by atoms with E-state index >= 15 is 0 Å². The smallest absolute Gasteiger partial charge is 0.191 e. The SMILES string of the molecule is CN=C(NCCc1c[nH]c2cc(F)ccc12)NCc1c(C)nn(-c2ccccc2)c1C.I. The maximum atomic E-state index is 13.4. The maximum Gasteiger partial charge on any atom is 0.191 e. The van der Waals surface area contributed by atoms with Crippen molar-refractivity contribution in [3.63, 3.8) is 0 Å². The normalized spacial score (nSPS) is 11.4. The Morgan fingerprint density at radius 2 is 1.91 bits per heavy atom. The second-order valence-electron chi connectivity index (χ2n) is 7.50. The summed E-state index contributed by atoms with van der Waals surface area (Å²) in [5.74, 6) is 0.502. The van der Waals surface area contributed by atoms with Crippen LogP contribution in [-0.4, -0.2) is 34.3 Å². The van der Waals surface area contributed by atoms with E-state index in [4.69, 9.17) is 5.10 Å². The summed E-state index contributed by atoms with van der Waals surface area (Å²) in [5, 5.41) is 12.5. The average Bonchev–Trinajstić information content (AvgIpc) is 3.31. The molecule has 2 aromatic carbocycles. The van der Waals surface area contributed by atoms with E-state index < -0.39 is 0 Å². The van der Waals surface area contributed by atoms with E-state index in [2.05, 4.69) is 39.7 Å². The van der Waals surface area contributed by atoms with Crippen molar-refractivity contribution in [2.75, 3.05) is 13.6 Å². The summed E-state index contributed by atoms with van der Waals surface area (Å²) in [6.45, 7) is 5.46. The summed E-state index contributed by atoms with van der Waals surface area (Å²) in [6, 6.07) is 15.0. The van der Waals surface area contributed by atoms with Gasteiger partial charge in [-0.3, -0.25) is 4.99 Å². The van der Waals surface area contributed by atoms with Gasteiger partial charge in [0, 0.05) is 48.5 Å². The third-order valence-electron chi connectivity index (χ3n) is 5.51. The lowest BCUT2D eigenvalue weighted by Crippen LogP contribution is -2.38. The van der Waals surface area contributed by atoms with Crippen molar-refractivity contribution >= 4 is 40.8 Å². The Labute approximate surface area is 204 Å². The van der Waals surface area contributed by atoms with E-state index in [0.29, 0.717) is 13.1 Å². The average molecular weight is 546 g/mol. The van der Waals surface area contributed by atoms with Crippen LogP contribution in [-0.2, 0) is 13.0 Å². The van der Waals surface area contributed by atoms with Crippen LogP contribution >= 0.6 is 24.0 Å². The van der Waals surface area contributed by atoms with E-state index in [-0.39, 0.29) is 29.8 Å². The Kier molecular flexibility index (Phi) is 7.89. The highest BCUT2D eigenvalue weighted by atomic mass is 127. The van der Waals surface area contributed by atoms with Crippen LogP contribution in [0, 0.1) is 19.7 Å². The summed E-state index contributed by atoms with van der Waals surface area (Å²) in [5.41, 5.74) is 6.28. The summed E-state index contributed by atoms with van der Waals surface area (Å²) >= 11 is 0. The number of rotatable bonds is 6. The minimum Gasteiger partial charge on any atom is -0.361 e. The summed E-state index contributed by atoms with van der Waals surface area (Å²) in [4.78, 5) is 7.46. The molecule has 0 aliphatic heterocycles. The predicted molar refractivity (Wildman–Crippen MR) is 139 cm³/mol. The van der Waals surface area contributed by atoms with Gasteiger partial charge in [0.25, 0.3) is 0 Å². The molecular weight excluding hydrogens is 518 g/mol. The van der Waals surface area contributed by atoms with Gasteiger partial charge in [-0.1, -0.05) is 18.2 Å². The van der Waals surface area contributed by atoms with Gasteiger partial charge in [0.1, 0.15) is 5.82 Å². The van der Waals surface area contributed by atoms with Crippen molar-refractivity contribution in [2.45, 2.75) is 26.8 Å². The van der Waals surface area contributed by atoms with Crippen molar-refractivity contribution in [1.82, 2.24) is 25.4 Å². The molecule has 8 heteroatoms. The van der Waals surface area contributed by atoms with Crippen molar-refractivity contribution in [1.29, 1.82) is 0 Å². The van der Waals surface area contributed by atoms with Gasteiger partial charge in [-0.25, -0.2) is 9.07 Å². The maximum absolute atomic E-state index is 13.4. The molecule has 0 aliphatic carbocycles. The van der Waals surface area contributed by atoms with Gasteiger partial charge in [0.15, 0.2) is 5.96 Å². The molecule has 0 saturated carbocycles. The summed E-state index contributed by atoms with van der Waals surface area (Å²) < 4.78 is 15.3. The Bertz CT molecular complexity index is 1210. The lowest BCUT2D eigenvalue weighted by molar-refractivity contribution is 0.629. The monoisotopic (exact) mass is 546 g/mol. The topological polar surface area (TPSA) is 70.0 Å². The number of guanidine groups is 1. The Hall–Kier alpha value is -2.88. The fraction of sp³-hybridized carbons (Fsp3) is 0.250. The number of halogens is 2. The molecule has 168 valence electrons. The molecule has 0 saturated heterocycles. The number of aromatic amines is 1. The lowest BCUT2D eigenvalue weighted by Gasteiger charge is -2.12. The van der Waals surface area contributed by atoms with E-state index in [1.54, 1.807) is 7.05 Å². The predicted octanol–water partition coefficient (Wildman–Crippen LogP) is 4.64. The highest BCUT2D eigenvalue weighted by Gasteiger charge is 2.13. The number of H-pyrrole nitrogens is 1. The van der Waals surface area contributed by atoms with Crippen LogP contribution in [0.4, 0.5) is 4.39 Å². The largest absolute Gasteiger partial charge is 0.361 e. The van der Waals surface area contributed by atoms with Crippen LogP contribution in [0.2, 0.25) is 0 Å². The number of aromatic nitrogens is 3. The minimum absolute atomic E-state index is 0. The first-order chi connectivity index (χ1) is 15.1. The Morgan fingerprint density at radius 1 is 1.12 bits per heavy atom. The number of nitrogens with one attached hydrogen (secondary N) is 3. The number of aliphatic imine (C=N–C) groups is 1. The third kappa shape index (κ3) is 5.12. The van der Waals surface area contributed by atoms with E-state index in [0.717, 1.165) is 51.5 Å². The number of hydrogen-bond donors (Lipinski definition) is 3. The van der Waals surface area contributed by atoms with Crippen LogP contribution in [0.1, 0.15) is 22.5 Å². The Morgan fingerprint density at radius 3 is 2.66 bits per heavy atom. The summed E-state index contributed by atoms with van der Waals surface area (Å²) in [7, 11) is 1.76. The molecule has 0 aliphatic rings. The minimum atomic E-state index is -0.232. The van der Waals surface area contributed by atoms with Gasteiger partial charge >= 0.3 is 0 Å². The fourth-order valence-electron chi connectivity index (χ4n) is 3.83. The molecule has 0 unspecified atom stereocenters. The molecule has 2 aromatic heterocycles. The first-order valence-corrected chi connectivity index (χ1v) is 10.4. The molecule has 0 atom stereocenters. The number of fused-ring (bicyclic) bond motifs is 1. The van der Waals surface area contributed by atoms with Crippen molar-refractivity contribution in [3.05, 3.63) is 83.1 Å². The van der Waals surface area contributed by atoms with Crippen molar-refractivity contribution < 1.29 is 4.39 Å². The molecule has 0 fully saturated rings. The molecule has 4 rings (SSSR count). The van der Waals surface area contributed by atoms with Crippen molar-refractivity contribution in [2.24, 2.45) is 4.99 Å². The Balaban J connectivity index is 0.00000289. The van der Waals surface area contributed by atoms with Crippen LogP contribution in [0.25, 0.3) is 16.6 Å². The quantitative estimate of drug-likeness (QED) is 0.188. The van der Waals surface area contributed by atoms with Gasteiger partial charge in [0.05, 0.1) is 11.4 Å². The molecule has 2 heterocycles. The number of benzene rings is 2. The van der Waals surface area contributed by atoms with Crippen molar-refractivity contribution in [3.8, 4) is 5.69 Å². The molecule has 6 nitrogen and oxygen atoms in total. The molecule has 0 spiro atoms. The van der Waals surface area contributed by atoms with Gasteiger partial charge in [-0.15, -0.1) is 24.0 Å². The zero-order chi connectivity index (χ0) is 21.8. The molecule has 0 amide bonds. The zero-order valence-electron chi connectivity index (χ0n) is 18.4. The first kappa shape index (κ1) is 23.8. The molecule has 3 N–H and O–H groups in total. The molecule has 32 heavy (non-hydrogen) atoms. The fourth-order valence-corrected chi connectivity index (χ4v) is 3.83. The molecule has 0 bridgehead atoms. The van der Waals surface area contributed by atoms with Gasteiger partial charge in [-0.05, 0) is 56.2 Å². The molecule has 4 aromatic rings. The highest BCUT2D eigenvalue weighted by Crippen LogP contribution is 2.20. The van der Waals surface area contributed by atoms with Gasteiger partial charge < -0.3 is 15.6 Å². The lowest BCUT2D eigenvalue weighted by atomic mass is 10.1. The number of nitrogens with zero attached hydrogens (tertiary/aromatic N) is 3. The molecule has 0 radical (unpaired) electrons. The van der Waals surface area contributed by atoms with E-state index in [1.165, 1.54) is 12.1 Å². The second kappa shape index (κ2) is 10.6. The first-order valence-electron chi connectivity index (χ1n) is 10.4. The molecular formula is C24H28FIN6. The van der Waals surface area contributed by atoms with Gasteiger partial charge in [-0.2, -0.15) is 5.10 Å². The number of hydrogen-bond acceptors (Lipinski definition) is 2. The summed E-state index contributed by atoms with van der Waals surface area (Å²) in [6.07, 6.45) is 2.74. The van der Waals surface area contributed by atoms with Crippen LogP contribution in [0.15, 0.2) is 59.7 Å². The van der Waals surface area contributed by atoms with E-state index in [9.17, 15) is 4.39 Å². The number of aryl methyl sites for hydroxylation is 1. The van der Waals surface area contributed by atoms with E-state index in [1.807, 2.05) is 42.1 Å². The van der Waals surface area contributed by atoms with Crippen LogP contribution in [0.5, 0.6) is 0 Å². The second-order valence-corrected chi connectivity index (χ2v) is 7.50. The van der Waals surface area contributed by atoms with Crippen LogP contribution in [0.3, 0.4) is 0 Å². The number of para-hydroxylation sites is 1. The zero-order valence-corrected chi connectivity index (χ0v) is 20.8. The third-order valence-corrected chi connectivity index (χ3v) is 5.51.